The molecule has 0 aliphatic heterocycles. The van der Waals surface area contributed by atoms with Crippen LogP contribution >= 0.6 is 0 Å². The van der Waals surface area contributed by atoms with Gasteiger partial charge in [0.1, 0.15) is 11.5 Å². The van der Waals surface area contributed by atoms with Gasteiger partial charge in [-0.05, 0) is 79.2 Å². The van der Waals surface area contributed by atoms with E-state index in [1.165, 1.54) is 20.4 Å². The second kappa shape index (κ2) is 13.9. The molecule has 198 valence electrons. The van der Waals surface area contributed by atoms with Gasteiger partial charge in [-0.3, -0.25) is 14.4 Å². The number of nitrogens with one attached hydrogen (secondary N) is 3. The standard InChI is InChI=1S/C27H28N4O7/c1-4-37-22-12-8-19(9-13-22)29-25(32)17-38-23-14-5-18(15-24(23)36-3)16-28-31-27(34)26(33)30-20-6-10-21(35-2)11-7-20/h5-16H,4,17H2,1-3H3,(H,29,32)(H,30,33)(H,31,34)/b28-16-. The van der Waals surface area contributed by atoms with E-state index in [0.29, 0.717) is 46.5 Å². The predicted molar refractivity (Wildman–Crippen MR) is 142 cm³/mol. The number of amides is 3. The normalized spacial score (nSPS) is 10.4. The molecule has 0 radical (unpaired) electrons. The van der Waals surface area contributed by atoms with Crippen LogP contribution in [0.3, 0.4) is 0 Å². The van der Waals surface area contributed by atoms with Gasteiger partial charge in [-0.1, -0.05) is 0 Å². The highest BCUT2D eigenvalue weighted by Gasteiger charge is 2.13. The fraction of sp³-hybridized carbons (Fsp3) is 0.185. The van der Waals surface area contributed by atoms with Gasteiger partial charge in [-0.25, -0.2) is 5.43 Å². The summed E-state index contributed by atoms with van der Waals surface area (Å²) in [4.78, 5) is 36.3. The molecule has 3 amide bonds. The van der Waals surface area contributed by atoms with Crippen molar-refractivity contribution in [3.63, 3.8) is 0 Å². The van der Waals surface area contributed by atoms with Crippen LogP contribution < -0.4 is 35.0 Å². The molecule has 11 heteroatoms. The summed E-state index contributed by atoms with van der Waals surface area (Å²) in [6.07, 6.45) is 1.34. The summed E-state index contributed by atoms with van der Waals surface area (Å²) in [5, 5.41) is 9.00. The van der Waals surface area contributed by atoms with Crippen LogP contribution in [-0.4, -0.2) is 51.4 Å². The van der Waals surface area contributed by atoms with E-state index < -0.39 is 11.8 Å². The fourth-order valence-electron chi connectivity index (χ4n) is 3.10. The monoisotopic (exact) mass is 520 g/mol. The number of benzene rings is 3. The van der Waals surface area contributed by atoms with Crippen molar-refractivity contribution in [3.8, 4) is 23.0 Å². The van der Waals surface area contributed by atoms with Crippen molar-refractivity contribution in [2.45, 2.75) is 6.92 Å². The van der Waals surface area contributed by atoms with Crippen LogP contribution in [0.5, 0.6) is 23.0 Å². The average molecular weight is 521 g/mol. The molecule has 11 nitrogen and oxygen atoms in total. The van der Waals surface area contributed by atoms with E-state index in [9.17, 15) is 14.4 Å². The fourth-order valence-corrected chi connectivity index (χ4v) is 3.10. The van der Waals surface area contributed by atoms with Crippen LogP contribution in [0.2, 0.25) is 0 Å². The Balaban J connectivity index is 1.49. The smallest absolute Gasteiger partial charge is 0.329 e. The van der Waals surface area contributed by atoms with Gasteiger partial charge in [0.05, 0.1) is 27.0 Å². The van der Waals surface area contributed by atoms with Crippen molar-refractivity contribution in [1.29, 1.82) is 0 Å². The SMILES string of the molecule is CCOc1ccc(NC(=O)COc2ccc(/C=N\NC(=O)C(=O)Nc3ccc(OC)cc3)cc2OC)cc1. The number of hydrazone groups is 1. The molecule has 0 saturated heterocycles. The summed E-state index contributed by atoms with van der Waals surface area (Å²) in [5.41, 5.74) is 3.76. The lowest BCUT2D eigenvalue weighted by Gasteiger charge is -2.12. The zero-order valence-electron chi connectivity index (χ0n) is 21.1. The molecule has 0 atom stereocenters. The number of hydrogen-bond acceptors (Lipinski definition) is 8. The molecule has 0 aromatic heterocycles. The number of rotatable bonds is 11. The largest absolute Gasteiger partial charge is 0.497 e. The second-order valence-electron chi connectivity index (χ2n) is 7.59. The lowest BCUT2D eigenvalue weighted by molar-refractivity contribution is -0.136. The molecule has 0 aliphatic rings. The Bertz CT molecular complexity index is 1280. The van der Waals surface area contributed by atoms with Crippen molar-refractivity contribution in [1.82, 2.24) is 5.43 Å². The molecule has 0 heterocycles. The zero-order chi connectivity index (χ0) is 27.3. The molecule has 0 fully saturated rings. The summed E-state index contributed by atoms with van der Waals surface area (Å²) >= 11 is 0. The molecule has 3 aromatic rings. The summed E-state index contributed by atoms with van der Waals surface area (Å²) in [7, 11) is 2.98. The summed E-state index contributed by atoms with van der Waals surface area (Å²) < 4.78 is 21.3. The molecule has 0 unspecified atom stereocenters. The summed E-state index contributed by atoms with van der Waals surface area (Å²) in [6.45, 7) is 2.21. The molecular weight excluding hydrogens is 492 g/mol. The Labute approximate surface area is 219 Å². The van der Waals surface area contributed by atoms with E-state index in [0.717, 1.165) is 0 Å². The number of nitrogens with zero attached hydrogens (tertiary/aromatic N) is 1. The number of hydrogen-bond donors (Lipinski definition) is 3. The van der Waals surface area contributed by atoms with Crippen LogP contribution in [0.4, 0.5) is 11.4 Å². The van der Waals surface area contributed by atoms with Crippen molar-refractivity contribution < 1.29 is 33.3 Å². The zero-order valence-corrected chi connectivity index (χ0v) is 21.1. The number of carbonyl (C=O) groups is 3. The molecular formula is C27H28N4O7. The van der Waals surface area contributed by atoms with Crippen LogP contribution in [0, 0.1) is 0 Å². The van der Waals surface area contributed by atoms with Gasteiger partial charge in [0.2, 0.25) is 0 Å². The quantitative estimate of drug-likeness (QED) is 0.201. The molecule has 0 spiro atoms. The first-order valence-electron chi connectivity index (χ1n) is 11.5. The molecule has 3 rings (SSSR count). The Morgan fingerprint density at radius 3 is 2.05 bits per heavy atom. The van der Waals surface area contributed by atoms with Crippen LogP contribution in [0.25, 0.3) is 0 Å². The first-order valence-corrected chi connectivity index (χ1v) is 11.5. The van der Waals surface area contributed by atoms with Gasteiger partial charge in [0.25, 0.3) is 5.91 Å². The Hall–Kier alpha value is -5.06. The molecule has 38 heavy (non-hydrogen) atoms. The van der Waals surface area contributed by atoms with E-state index in [1.54, 1.807) is 66.7 Å². The van der Waals surface area contributed by atoms with Crippen molar-refractivity contribution >= 4 is 35.3 Å². The third-order valence-electron chi connectivity index (χ3n) is 4.93. The average Bonchev–Trinajstić information content (AvgIpc) is 2.93. The minimum atomic E-state index is -0.942. The lowest BCUT2D eigenvalue weighted by atomic mass is 10.2. The number of ether oxygens (including phenoxy) is 4. The Kier molecular flexibility index (Phi) is 10.1. The van der Waals surface area contributed by atoms with E-state index in [1.807, 2.05) is 6.92 Å². The lowest BCUT2D eigenvalue weighted by Crippen LogP contribution is -2.32. The van der Waals surface area contributed by atoms with Gasteiger partial charge < -0.3 is 29.6 Å². The summed E-state index contributed by atoms with van der Waals surface area (Å²) in [5.74, 6) is -0.138. The maximum atomic E-state index is 12.3. The van der Waals surface area contributed by atoms with Gasteiger partial charge in [-0.15, -0.1) is 0 Å². The van der Waals surface area contributed by atoms with Crippen LogP contribution in [0.15, 0.2) is 71.8 Å². The van der Waals surface area contributed by atoms with Gasteiger partial charge in [0, 0.05) is 11.4 Å². The number of anilines is 2. The molecule has 3 aromatic carbocycles. The minimum Gasteiger partial charge on any atom is -0.497 e. The van der Waals surface area contributed by atoms with Gasteiger partial charge in [0.15, 0.2) is 18.1 Å². The highest BCUT2D eigenvalue weighted by Crippen LogP contribution is 2.27. The Morgan fingerprint density at radius 1 is 0.763 bits per heavy atom. The minimum absolute atomic E-state index is 0.240. The van der Waals surface area contributed by atoms with E-state index >= 15 is 0 Å². The van der Waals surface area contributed by atoms with Crippen molar-refractivity contribution in [2.24, 2.45) is 5.10 Å². The van der Waals surface area contributed by atoms with E-state index in [2.05, 4.69) is 21.2 Å². The molecule has 0 saturated carbocycles. The van der Waals surface area contributed by atoms with Crippen LogP contribution in [0.1, 0.15) is 12.5 Å². The summed E-state index contributed by atoms with van der Waals surface area (Å²) in [6, 6.07) is 18.4. The highest BCUT2D eigenvalue weighted by molar-refractivity contribution is 6.39. The first kappa shape index (κ1) is 27.5. The number of carbonyl (C=O) groups excluding carboxylic acids is 3. The number of methoxy groups -OCH3 is 2. The van der Waals surface area contributed by atoms with Gasteiger partial charge >= 0.3 is 11.8 Å². The van der Waals surface area contributed by atoms with Crippen molar-refractivity contribution in [2.75, 3.05) is 38.1 Å². The van der Waals surface area contributed by atoms with Crippen LogP contribution in [-0.2, 0) is 14.4 Å². The third kappa shape index (κ3) is 8.26. The molecule has 0 aliphatic carbocycles. The maximum absolute atomic E-state index is 12.3. The third-order valence-corrected chi connectivity index (χ3v) is 4.93. The highest BCUT2D eigenvalue weighted by atomic mass is 16.5. The second-order valence-corrected chi connectivity index (χ2v) is 7.59. The molecule has 0 bridgehead atoms. The van der Waals surface area contributed by atoms with Gasteiger partial charge in [-0.2, -0.15) is 5.10 Å². The molecule has 3 N–H and O–H groups in total. The van der Waals surface area contributed by atoms with E-state index in [-0.39, 0.29) is 12.5 Å². The predicted octanol–water partition coefficient (Wildman–Crippen LogP) is 3.21. The maximum Gasteiger partial charge on any atom is 0.329 e. The topological polar surface area (TPSA) is 137 Å². The Morgan fingerprint density at radius 2 is 1.42 bits per heavy atom. The van der Waals surface area contributed by atoms with E-state index in [4.69, 9.17) is 18.9 Å². The van der Waals surface area contributed by atoms with Crippen molar-refractivity contribution in [3.05, 3.63) is 72.3 Å². The first-order chi connectivity index (χ1) is 18.4.